The molecule has 1 unspecified atom stereocenters. The summed E-state index contributed by atoms with van der Waals surface area (Å²) in [7, 11) is -0.176. The Morgan fingerprint density at radius 3 is 2.67 bits per heavy atom. The monoisotopic (exact) mass is 230 g/mol. The number of benzene rings is 1. The second-order valence-corrected chi connectivity index (χ2v) is 5.32. The van der Waals surface area contributed by atoms with E-state index < -0.39 is 22.0 Å². The van der Waals surface area contributed by atoms with Crippen LogP contribution in [0.5, 0.6) is 0 Å². The molecule has 0 bridgehead atoms. The van der Waals surface area contributed by atoms with E-state index in [0.717, 1.165) is 0 Å². The van der Waals surface area contributed by atoms with E-state index in [-0.39, 0.29) is 10.5 Å². The van der Waals surface area contributed by atoms with Gasteiger partial charge in [-0.1, -0.05) is 6.07 Å². The van der Waals surface area contributed by atoms with Gasteiger partial charge in [-0.25, -0.2) is 12.8 Å². The highest BCUT2D eigenvalue weighted by atomic mass is 32.2. The molecule has 2 rings (SSSR count). The van der Waals surface area contributed by atoms with E-state index in [1.807, 2.05) is 0 Å². The molecule has 1 aliphatic rings. The number of rotatable bonds is 1. The van der Waals surface area contributed by atoms with E-state index in [1.165, 1.54) is 18.2 Å². The molecule has 1 aromatic carbocycles. The summed E-state index contributed by atoms with van der Waals surface area (Å²) in [4.78, 5) is 1.65. The zero-order valence-corrected chi connectivity index (χ0v) is 9.18. The zero-order chi connectivity index (χ0) is 11.2. The fourth-order valence-electron chi connectivity index (χ4n) is 1.65. The van der Waals surface area contributed by atoms with Gasteiger partial charge in [-0.15, -0.1) is 0 Å². The first-order valence-electron chi connectivity index (χ1n) is 4.40. The summed E-state index contributed by atoms with van der Waals surface area (Å²) in [5, 5.41) is 0. The van der Waals surface area contributed by atoms with Crippen molar-refractivity contribution in [2.45, 2.75) is 11.1 Å². The van der Waals surface area contributed by atoms with Gasteiger partial charge in [0.05, 0.1) is 4.90 Å². The fraction of sp³-hybridized carbons (Fsp3) is 0.333. The Balaban J connectivity index is 2.69. The highest BCUT2D eigenvalue weighted by molar-refractivity contribution is 7.89. The van der Waals surface area contributed by atoms with Crippen LogP contribution in [0.1, 0.15) is 11.7 Å². The van der Waals surface area contributed by atoms with Crippen molar-refractivity contribution in [2.24, 2.45) is 0 Å². The highest BCUT2D eigenvalue weighted by Gasteiger charge is 2.37. The maximum Gasteiger partial charge on any atom is 0.242 e. The number of hydrogen-bond donors (Lipinski definition) is 1. The van der Waals surface area contributed by atoms with Crippen LogP contribution in [0.3, 0.4) is 0 Å². The molecule has 0 saturated carbocycles. The standard InChI is InChI=1S/C9H11FN2O2S/c1-12(2)9-8-6(10)4-3-5-7(8)15(13,14)11-9/h3-5,9,11H,1-2H3. The molecule has 0 spiro atoms. The minimum absolute atomic E-state index is 0.0289. The van der Waals surface area contributed by atoms with Crippen LogP contribution in [0.15, 0.2) is 23.1 Å². The summed E-state index contributed by atoms with van der Waals surface area (Å²) in [6, 6.07) is 4.06. The summed E-state index contributed by atoms with van der Waals surface area (Å²) < 4.78 is 39.1. The number of nitrogens with one attached hydrogen (secondary N) is 1. The summed E-state index contributed by atoms with van der Waals surface area (Å²) in [6.45, 7) is 0. The minimum atomic E-state index is -3.55. The van der Waals surface area contributed by atoms with E-state index in [4.69, 9.17) is 0 Å². The van der Waals surface area contributed by atoms with Crippen molar-refractivity contribution in [3.8, 4) is 0 Å². The normalized spacial score (nSPS) is 23.1. The van der Waals surface area contributed by atoms with Crippen LogP contribution >= 0.6 is 0 Å². The van der Waals surface area contributed by atoms with Crippen molar-refractivity contribution in [1.29, 1.82) is 0 Å². The van der Waals surface area contributed by atoms with Gasteiger partial charge >= 0.3 is 0 Å². The highest BCUT2D eigenvalue weighted by Crippen LogP contribution is 2.33. The lowest BCUT2D eigenvalue weighted by molar-refractivity contribution is 0.282. The third-order valence-electron chi connectivity index (χ3n) is 2.36. The maximum atomic E-state index is 13.5. The second-order valence-electron chi connectivity index (χ2n) is 3.64. The van der Waals surface area contributed by atoms with E-state index in [1.54, 1.807) is 19.0 Å². The van der Waals surface area contributed by atoms with E-state index in [9.17, 15) is 12.8 Å². The molecule has 1 N–H and O–H groups in total. The van der Waals surface area contributed by atoms with Gasteiger partial charge in [0.25, 0.3) is 0 Å². The van der Waals surface area contributed by atoms with Crippen LogP contribution < -0.4 is 4.72 Å². The lowest BCUT2D eigenvalue weighted by atomic mass is 10.1. The number of halogens is 1. The topological polar surface area (TPSA) is 49.4 Å². The summed E-state index contributed by atoms with van der Waals surface area (Å²) in [6.07, 6.45) is -0.619. The second kappa shape index (κ2) is 3.26. The molecule has 15 heavy (non-hydrogen) atoms. The lowest BCUT2D eigenvalue weighted by Gasteiger charge is -2.19. The molecular weight excluding hydrogens is 219 g/mol. The van der Waals surface area contributed by atoms with Crippen LogP contribution in [0.2, 0.25) is 0 Å². The lowest BCUT2D eigenvalue weighted by Crippen LogP contribution is -2.31. The van der Waals surface area contributed by atoms with E-state index in [2.05, 4.69) is 4.72 Å². The van der Waals surface area contributed by atoms with Crippen molar-refractivity contribution < 1.29 is 12.8 Å². The van der Waals surface area contributed by atoms with Gasteiger partial charge in [-0.3, -0.25) is 4.90 Å². The Bertz CT molecular complexity index is 499. The predicted octanol–water partition coefficient (Wildman–Crippen LogP) is 0.678. The number of hydrogen-bond acceptors (Lipinski definition) is 3. The largest absolute Gasteiger partial charge is 0.290 e. The van der Waals surface area contributed by atoms with E-state index >= 15 is 0 Å². The van der Waals surface area contributed by atoms with Crippen LogP contribution in [-0.2, 0) is 10.0 Å². The van der Waals surface area contributed by atoms with Gasteiger partial charge in [0, 0.05) is 5.56 Å². The molecule has 0 amide bonds. The molecule has 6 heteroatoms. The van der Waals surface area contributed by atoms with Gasteiger partial charge < -0.3 is 0 Å². The number of sulfonamides is 1. The van der Waals surface area contributed by atoms with Gasteiger partial charge in [-0.2, -0.15) is 4.72 Å². The molecule has 1 aromatic rings. The quantitative estimate of drug-likeness (QED) is 0.771. The third kappa shape index (κ3) is 1.54. The predicted molar refractivity (Wildman–Crippen MR) is 53.1 cm³/mol. The Hall–Kier alpha value is -0.980. The average Bonchev–Trinajstić information content (AvgIpc) is 2.40. The summed E-state index contributed by atoms with van der Waals surface area (Å²) in [5.41, 5.74) is 0.197. The Morgan fingerprint density at radius 2 is 2.07 bits per heavy atom. The van der Waals surface area contributed by atoms with Crippen LogP contribution in [0, 0.1) is 5.82 Å². The van der Waals surface area contributed by atoms with Crippen molar-refractivity contribution in [2.75, 3.05) is 14.1 Å². The van der Waals surface area contributed by atoms with Crippen molar-refractivity contribution in [1.82, 2.24) is 9.62 Å². The Labute approximate surface area is 87.8 Å². The molecule has 0 fully saturated rings. The number of fused-ring (bicyclic) bond motifs is 1. The summed E-state index contributed by atoms with van der Waals surface area (Å²) >= 11 is 0. The molecule has 1 heterocycles. The van der Waals surface area contributed by atoms with E-state index in [0.29, 0.717) is 0 Å². The van der Waals surface area contributed by atoms with Crippen LogP contribution in [0.4, 0.5) is 4.39 Å². The first-order valence-corrected chi connectivity index (χ1v) is 5.89. The maximum absolute atomic E-state index is 13.5. The van der Waals surface area contributed by atoms with Crippen LogP contribution in [0.25, 0.3) is 0 Å². The average molecular weight is 230 g/mol. The molecular formula is C9H11FN2O2S. The molecule has 0 radical (unpaired) electrons. The smallest absolute Gasteiger partial charge is 0.242 e. The molecule has 1 aliphatic heterocycles. The molecule has 0 aliphatic carbocycles. The molecule has 1 atom stereocenters. The van der Waals surface area contributed by atoms with Gasteiger partial charge in [0.2, 0.25) is 10.0 Å². The Kier molecular flexibility index (Phi) is 2.29. The van der Waals surface area contributed by atoms with Crippen molar-refractivity contribution >= 4 is 10.0 Å². The van der Waals surface area contributed by atoms with Gasteiger partial charge in [-0.05, 0) is 26.2 Å². The fourth-order valence-corrected chi connectivity index (χ4v) is 3.16. The Morgan fingerprint density at radius 1 is 1.40 bits per heavy atom. The first kappa shape index (κ1) is 10.5. The van der Waals surface area contributed by atoms with Crippen molar-refractivity contribution in [3.05, 3.63) is 29.6 Å². The third-order valence-corrected chi connectivity index (χ3v) is 3.83. The van der Waals surface area contributed by atoms with Gasteiger partial charge in [0.15, 0.2) is 0 Å². The SMILES string of the molecule is CN(C)C1NS(=O)(=O)c2cccc(F)c21. The first-order chi connectivity index (χ1) is 6.93. The molecule has 0 aromatic heterocycles. The van der Waals surface area contributed by atoms with Crippen molar-refractivity contribution in [3.63, 3.8) is 0 Å². The van der Waals surface area contributed by atoms with Crippen LogP contribution in [-0.4, -0.2) is 27.4 Å². The number of nitrogens with zero attached hydrogens (tertiary/aromatic N) is 1. The minimum Gasteiger partial charge on any atom is -0.290 e. The molecule has 4 nitrogen and oxygen atoms in total. The zero-order valence-electron chi connectivity index (χ0n) is 8.36. The summed E-state index contributed by atoms with van der Waals surface area (Å²) in [5.74, 6) is -0.500. The molecule has 0 saturated heterocycles. The van der Waals surface area contributed by atoms with Gasteiger partial charge in [0.1, 0.15) is 12.0 Å². The molecule has 82 valence electrons.